The number of aliphatic hydroxyl groups is 7. The predicted octanol–water partition coefficient (Wildman–Crippen LogP) is -6.21. The van der Waals surface area contributed by atoms with Crippen LogP contribution in [0.3, 0.4) is 0 Å². The minimum atomic E-state index is -2.74. The summed E-state index contributed by atoms with van der Waals surface area (Å²) < 4.78 is 0. The van der Waals surface area contributed by atoms with E-state index in [0.717, 1.165) is 0 Å². The van der Waals surface area contributed by atoms with Gasteiger partial charge in [-0.25, -0.2) is 14.4 Å². The molecule has 18 heteroatoms. The van der Waals surface area contributed by atoms with Crippen LogP contribution in [0, 0.1) is 0 Å². The number of carboxylic acid groups (broad SMARTS) is 5. The maximum absolute atomic E-state index is 10.3. The molecule has 1 unspecified atom stereocenters. The third kappa shape index (κ3) is 18.4. The number of hydrogen-bond acceptors (Lipinski definition) is 12. The van der Waals surface area contributed by atoms with E-state index in [1.54, 1.807) is 0 Å². The number of carbonyl (C=O) groups is 5. The summed E-state index contributed by atoms with van der Waals surface area (Å²) in [7, 11) is 0. The normalized spacial score (nSPS) is 14.8. The van der Waals surface area contributed by atoms with Crippen LogP contribution in [0.5, 0.6) is 0 Å². The molecule has 12 N–H and O–H groups in total. The van der Waals surface area contributed by atoms with E-state index in [4.69, 9.17) is 61.3 Å². The molecule has 0 heterocycles. The molecular formula is C15H28CaO17. The monoisotopic (exact) mass is 520 g/mol. The van der Waals surface area contributed by atoms with Gasteiger partial charge in [-0.05, 0) is 6.92 Å². The first-order valence-electron chi connectivity index (χ1n) is 8.20. The Bertz CT molecular complexity index is 620. The van der Waals surface area contributed by atoms with Crippen molar-refractivity contribution < 1.29 is 85.3 Å². The van der Waals surface area contributed by atoms with E-state index in [0.29, 0.717) is 0 Å². The van der Waals surface area contributed by atoms with Crippen LogP contribution in [0.4, 0.5) is 0 Å². The van der Waals surface area contributed by atoms with Crippen LogP contribution in [0.1, 0.15) is 19.8 Å². The van der Waals surface area contributed by atoms with E-state index in [2.05, 4.69) is 0 Å². The summed E-state index contributed by atoms with van der Waals surface area (Å²) in [5.41, 5.74) is -2.74. The van der Waals surface area contributed by atoms with Gasteiger partial charge in [0.1, 0.15) is 24.4 Å². The molecule has 0 aliphatic rings. The van der Waals surface area contributed by atoms with E-state index in [1.807, 2.05) is 0 Å². The molecule has 192 valence electrons. The van der Waals surface area contributed by atoms with Crippen LogP contribution < -0.4 is 0 Å². The third-order valence-corrected chi connectivity index (χ3v) is 3.15. The molecule has 33 heavy (non-hydrogen) atoms. The molecular weight excluding hydrogens is 492 g/mol. The first kappa shape index (κ1) is 38.6. The Labute approximate surface area is 214 Å². The van der Waals surface area contributed by atoms with Gasteiger partial charge < -0.3 is 61.3 Å². The number of rotatable bonds is 11. The third-order valence-electron chi connectivity index (χ3n) is 3.15. The summed E-state index contributed by atoms with van der Waals surface area (Å²) in [6, 6.07) is 0. The van der Waals surface area contributed by atoms with E-state index in [1.165, 1.54) is 6.92 Å². The van der Waals surface area contributed by atoms with Crippen LogP contribution in [-0.4, -0.2) is 172 Å². The average Bonchev–Trinajstić information content (AvgIpc) is 2.64. The molecule has 0 spiro atoms. The summed E-state index contributed by atoms with van der Waals surface area (Å²) in [5, 5.41) is 101. The van der Waals surface area contributed by atoms with Crippen molar-refractivity contribution in [1.29, 1.82) is 0 Å². The van der Waals surface area contributed by atoms with Gasteiger partial charge in [0.2, 0.25) is 0 Å². The van der Waals surface area contributed by atoms with Crippen LogP contribution in [-0.2, 0) is 24.0 Å². The quantitative estimate of drug-likeness (QED) is 0.113. The van der Waals surface area contributed by atoms with Gasteiger partial charge in [-0.2, -0.15) is 0 Å². The van der Waals surface area contributed by atoms with Crippen molar-refractivity contribution in [2.75, 3.05) is 6.61 Å². The van der Waals surface area contributed by atoms with Crippen LogP contribution in [0.15, 0.2) is 0 Å². The van der Waals surface area contributed by atoms with Gasteiger partial charge in [-0.15, -0.1) is 0 Å². The molecule has 5 atom stereocenters. The number of carboxylic acids is 5. The number of aliphatic carboxylic acids is 5. The molecule has 17 nitrogen and oxygen atoms in total. The molecule has 0 aromatic rings. The number of aliphatic hydroxyl groups excluding tert-OH is 6. The molecule has 0 bridgehead atoms. The summed E-state index contributed by atoms with van der Waals surface area (Å²) in [6.07, 6.45) is -11.4. The fourth-order valence-electron chi connectivity index (χ4n) is 1.38. The Balaban J connectivity index is -0.000000201. The van der Waals surface area contributed by atoms with E-state index >= 15 is 0 Å². The topological polar surface area (TPSA) is 328 Å². The van der Waals surface area contributed by atoms with Crippen LogP contribution in [0.2, 0.25) is 0 Å². The van der Waals surface area contributed by atoms with Gasteiger partial charge in [-0.3, -0.25) is 9.59 Å². The van der Waals surface area contributed by atoms with Crippen molar-refractivity contribution in [3.63, 3.8) is 0 Å². The summed E-state index contributed by atoms with van der Waals surface area (Å²) in [4.78, 5) is 50.0. The predicted molar refractivity (Wildman–Crippen MR) is 104 cm³/mol. The van der Waals surface area contributed by atoms with Crippen molar-refractivity contribution in [2.45, 2.75) is 55.9 Å². The summed E-state index contributed by atoms with van der Waals surface area (Å²) in [6.45, 7) is 0.354. The molecule has 0 aromatic carbocycles. The van der Waals surface area contributed by atoms with Crippen molar-refractivity contribution in [3.8, 4) is 0 Å². The molecule has 0 aliphatic heterocycles. The van der Waals surface area contributed by atoms with Gasteiger partial charge >= 0.3 is 67.6 Å². The second-order valence-electron chi connectivity index (χ2n) is 6.01. The molecule has 0 saturated heterocycles. The van der Waals surface area contributed by atoms with Crippen LogP contribution in [0.25, 0.3) is 0 Å². The minimum absolute atomic E-state index is 0. The SMILES string of the molecule is CC(O)C(=O)O.O=C(O)CC(O)(CC(=O)O)C(=O)O.O=C(O)[C@H](O)[C@@H](O)[C@H](O)[C@H](O)CO.[CaH2]. The van der Waals surface area contributed by atoms with Gasteiger partial charge in [-0.1, -0.05) is 0 Å². The fraction of sp³-hybridized carbons (Fsp3) is 0.667. The van der Waals surface area contributed by atoms with Crippen molar-refractivity contribution in [3.05, 3.63) is 0 Å². The number of hydrogen-bond donors (Lipinski definition) is 12. The van der Waals surface area contributed by atoms with Crippen molar-refractivity contribution >= 4 is 67.6 Å². The second kappa shape index (κ2) is 18.7. The van der Waals surface area contributed by atoms with E-state index < -0.39 is 85.4 Å². The van der Waals surface area contributed by atoms with Crippen molar-refractivity contribution in [1.82, 2.24) is 0 Å². The Kier molecular flexibility index (Phi) is 21.9. The molecule has 0 aliphatic carbocycles. The molecule has 0 saturated carbocycles. The standard InChI is InChI=1S/C6H8O7.C6H12O7.C3H6O3.Ca.2H/c7-3(8)1-6(13,5(11)12)2-4(9)10;7-1-2(8)3(9)4(10)5(11)6(12)13;1-2(4)3(5)6;;;/h13H,1-2H2,(H,7,8)(H,9,10)(H,11,12);2-5,7-11H,1H2,(H,12,13);2,4H,1H3,(H,5,6);;;/t;2-,3-,4+,5-;;;;/m.1..../s1. The molecule has 0 amide bonds. The van der Waals surface area contributed by atoms with Gasteiger partial charge in [0, 0.05) is 0 Å². The zero-order chi connectivity index (χ0) is 26.4. The molecule has 0 radical (unpaired) electrons. The maximum atomic E-state index is 10.3. The Morgan fingerprint density at radius 1 is 0.727 bits per heavy atom. The zero-order valence-electron chi connectivity index (χ0n) is 16.4. The van der Waals surface area contributed by atoms with Crippen LogP contribution >= 0.6 is 0 Å². The van der Waals surface area contributed by atoms with Gasteiger partial charge in [0.05, 0.1) is 19.4 Å². The molecule has 0 fully saturated rings. The Morgan fingerprint density at radius 3 is 1.24 bits per heavy atom. The Morgan fingerprint density at radius 2 is 1.06 bits per heavy atom. The average molecular weight is 520 g/mol. The van der Waals surface area contributed by atoms with Crippen molar-refractivity contribution in [2.24, 2.45) is 0 Å². The van der Waals surface area contributed by atoms with Gasteiger partial charge in [0.15, 0.2) is 11.7 Å². The summed E-state index contributed by atoms with van der Waals surface area (Å²) in [5.74, 6) is -7.93. The van der Waals surface area contributed by atoms with Gasteiger partial charge in [0.25, 0.3) is 0 Å². The second-order valence-corrected chi connectivity index (χ2v) is 6.01. The van der Waals surface area contributed by atoms with E-state index in [-0.39, 0.29) is 37.7 Å². The van der Waals surface area contributed by atoms with E-state index in [9.17, 15) is 24.0 Å². The molecule has 0 rings (SSSR count). The zero-order valence-corrected chi connectivity index (χ0v) is 16.4. The first-order valence-corrected chi connectivity index (χ1v) is 8.20. The Hall–Kier alpha value is -1.67. The first-order chi connectivity index (χ1) is 14.3. The summed E-state index contributed by atoms with van der Waals surface area (Å²) >= 11 is 0. The fourth-order valence-corrected chi connectivity index (χ4v) is 1.38. The molecule has 0 aromatic heterocycles.